The predicted octanol–water partition coefficient (Wildman–Crippen LogP) is 0.0452. The molecule has 1 aliphatic rings. The number of para-hydroxylation sites is 2. The van der Waals surface area contributed by atoms with E-state index in [2.05, 4.69) is 20.9 Å². The molecule has 1 aliphatic heterocycles. The third-order valence-corrected chi connectivity index (χ3v) is 3.56. The summed E-state index contributed by atoms with van der Waals surface area (Å²) in [5, 5.41) is 8.50. The highest BCUT2D eigenvalue weighted by atomic mass is 16.5. The number of hydrogen-bond acceptors (Lipinski definition) is 5. The van der Waals surface area contributed by atoms with Gasteiger partial charge in [-0.1, -0.05) is 12.1 Å². The maximum atomic E-state index is 11.9. The Morgan fingerprint density at radius 2 is 1.96 bits per heavy atom. The fourth-order valence-corrected chi connectivity index (χ4v) is 2.37. The highest BCUT2D eigenvalue weighted by Gasteiger charge is 2.16. The van der Waals surface area contributed by atoms with Gasteiger partial charge in [-0.05, 0) is 19.1 Å². The molecule has 1 saturated heterocycles. The second-order valence-corrected chi connectivity index (χ2v) is 5.23. The van der Waals surface area contributed by atoms with Gasteiger partial charge in [0.1, 0.15) is 5.75 Å². The highest BCUT2D eigenvalue weighted by molar-refractivity contribution is 6.39. The van der Waals surface area contributed by atoms with Gasteiger partial charge < -0.3 is 20.7 Å². The van der Waals surface area contributed by atoms with E-state index in [9.17, 15) is 9.59 Å². The molecule has 1 aromatic rings. The van der Waals surface area contributed by atoms with E-state index in [1.165, 1.54) is 0 Å². The van der Waals surface area contributed by atoms with Crippen molar-refractivity contribution in [2.45, 2.75) is 6.92 Å². The Bertz CT molecular complexity index is 530. The lowest BCUT2D eigenvalue weighted by Crippen LogP contribution is -2.47. The van der Waals surface area contributed by atoms with Crippen LogP contribution in [0.1, 0.15) is 6.92 Å². The van der Waals surface area contributed by atoms with Gasteiger partial charge in [0, 0.05) is 39.3 Å². The normalized spacial score (nSPS) is 15.0. The molecular weight excluding hydrogens is 296 g/mol. The van der Waals surface area contributed by atoms with Crippen molar-refractivity contribution in [2.75, 3.05) is 51.2 Å². The van der Waals surface area contributed by atoms with Crippen LogP contribution in [-0.2, 0) is 9.59 Å². The Labute approximate surface area is 136 Å². The number of carbonyl (C=O) groups is 2. The van der Waals surface area contributed by atoms with Gasteiger partial charge in [-0.2, -0.15) is 0 Å². The zero-order valence-electron chi connectivity index (χ0n) is 13.4. The third-order valence-electron chi connectivity index (χ3n) is 3.56. The molecule has 7 heteroatoms. The number of hydrogen-bond donors (Lipinski definition) is 3. The van der Waals surface area contributed by atoms with Gasteiger partial charge in [0.05, 0.1) is 12.3 Å². The van der Waals surface area contributed by atoms with Crippen LogP contribution >= 0.6 is 0 Å². The van der Waals surface area contributed by atoms with E-state index in [1.54, 1.807) is 18.2 Å². The van der Waals surface area contributed by atoms with Crippen molar-refractivity contribution in [2.24, 2.45) is 0 Å². The molecule has 3 N–H and O–H groups in total. The Kier molecular flexibility index (Phi) is 6.83. The molecule has 126 valence electrons. The lowest BCUT2D eigenvalue weighted by Gasteiger charge is -2.26. The molecule has 1 aromatic carbocycles. The molecule has 0 saturated carbocycles. The molecule has 0 unspecified atom stereocenters. The van der Waals surface area contributed by atoms with Gasteiger partial charge in [-0.3, -0.25) is 14.5 Å². The largest absolute Gasteiger partial charge is 0.492 e. The van der Waals surface area contributed by atoms with Gasteiger partial charge in [0.2, 0.25) is 0 Å². The zero-order valence-corrected chi connectivity index (χ0v) is 13.4. The van der Waals surface area contributed by atoms with Crippen LogP contribution < -0.4 is 20.7 Å². The van der Waals surface area contributed by atoms with E-state index < -0.39 is 11.8 Å². The summed E-state index contributed by atoms with van der Waals surface area (Å²) in [4.78, 5) is 26.1. The van der Waals surface area contributed by atoms with Crippen LogP contribution in [0.2, 0.25) is 0 Å². The third kappa shape index (κ3) is 5.54. The van der Waals surface area contributed by atoms with Gasteiger partial charge in [0.25, 0.3) is 0 Å². The van der Waals surface area contributed by atoms with E-state index in [1.807, 2.05) is 13.0 Å². The average molecular weight is 320 g/mol. The average Bonchev–Trinajstić information content (AvgIpc) is 2.57. The number of piperazine rings is 1. The number of carbonyl (C=O) groups excluding carboxylic acids is 2. The van der Waals surface area contributed by atoms with Crippen LogP contribution in [0.5, 0.6) is 5.75 Å². The van der Waals surface area contributed by atoms with Crippen molar-refractivity contribution in [3.05, 3.63) is 24.3 Å². The molecule has 23 heavy (non-hydrogen) atoms. The van der Waals surface area contributed by atoms with Crippen LogP contribution in [0, 0.1) is 0 Å². The monoisotopic (exact) mass is 320 g/mol. The fourth-order valence-electron chi connectivity index (χ4n) is 2.37. The minimum absolute atomic E-state index is 0.458. The second-order valence-electron chi connectivity index (χ2n) is 5.23. The molecular formula is C16H24N4O3. The van der Waals surface area contributed by atoms with E-state index >= 15 is 0 Å². The van der Waals surface area contributed by atoms with Crippen LogP contribution in [-0.4, -0.2) is 62.6 Å². The first-order chi connectivity index (χ1) is 11.2. The van der Waals surface area contributed by atoms with Gasteiger partial charge in [0.15, 0.2) is 0 Å². The van der Waals surface area contributed by atoms with Crippen LogP contribution in [0.3, 0.4) is 0 Å². The standard InChI is InChI=1S/C16H24N4O3/c1-2-23-14-6-4-3-5-13(14)19-16(22)15(21)18-9-12-20-10-7-17-8-11-20/h3-6,17H,2,7-12H2,1H3,(H,18,21)(H,19,22). The summed E-state index contributed by atoms with van der Waals surface area (Å²) in [6.07, 6.45) is 0. The Hall–Kier alpha value is -2.12. The number of nitrogens with one attached hydrogen (secondary N) is 3. The SMILES string of the molecule is CCOc1ccccc1NC(=O)C(=O)NCCN1CCNCC1. The van der Waals surface area contributed by atoms with Crippen LogP contribution in [0.15, 0.2) is 24.3 Å². The lowest BCUT2D eigenvalue weighted by atomic mass is 10.3. The summed E-state index contributed by atoms with van der Waals surface area (Å²) >= 11 is 0. The number of amides is 2. The predicted molar refractivity (Wildman–Crippen MR) is 88.6 cm³/mol. The lowest BCUT2D eigenvalue weighted by molar-refractivity contribution is -0.136. The number of nitrogens with zero attached hydrogens (tertiary/aromatic N) is 1. The summed E-state index contributed by atoms with van der Waals surface area (Å²) in [5.74, 6) is -0.763. The Morgan fingerprint density at radius 1 is 1.22 bits per heavy atom. The summed E-state index contributed by atoms with van der Waals surface area (Å²) in [6.45, 7) is 7.40. The molecule has 2 rings (SSSR count). The summed E-state index contributed by atoms with van der Waals surface area (Å²) in [5.41, 5.74) is 0.497. The maximum Gasteiger partial charge on any atom is 0.313 e. The first kappa shape index (κ1) is 17.2. The molecule has 1 heterocycles. The molecule has 1 fully saturated rings. The highest BCUT2D eigenvalue weighted by Crippen LogP contribution is 2.23. The van der Waals surface area contributed by atoms with Gasteiger partial charge in [-0.25, -0.2) is 0 Å². The number of anilines is 1. The van der Waals surface area contributed by atoms with Crippen molar-refractivity contribution >= 4 is 17.5 Å². The molecule has 0 radical (unpaired) electrons. The fraction of sp³-hybridized carbons (Fsp3) is 0.500. The molecule has 0 atom stereocenters. The minimum Gasteiger partial charge on any atom is -0.492 e. The summed E-state index contributed by atoms with van der Waals surface area (Å²) in [6, 6.07) is 7.05. The number of rotatable bonds is 6. The summed E-state index contributed by atoms with van der Waals surface area (Å²) < 4.78 is 5.42. The van der Waals surface area contributed by atoms with Gasteiger partial charge in [-0.15, -0.1) is 0 Å². The Balaban J connectivity index is 1.77. The smallest absolute Gasteiger partial charge is 0.313 e. The molecule has 7 nitrogen and oxygen atoms in total. The minimum atomic E-state index is -0.683. The second kappa shape index (κ2) is 9.12. The number of benzene rings is 1. The van der Waals surface area contributed by atoms with E-state index in [-0.39, 0.29) is 0 Å². The molecule has 0 aliphatic carbocycles. The van der Waals surface area contributed by atoms with E-state index in [4.69, 9.17) is 4.74 Å². The van der Waals surface area contributed by atoms with Crippen LogP contribution in [0.4, 0.5) is 5.69 Å². The maximum absolute atomic E-state index is 11.9. The van der Waals surface area contributed by atoms with Crippen molar-refractivity contribution in [1.29, 1.82) is 0 Å². The van der Waals surface area contributed by atoms with Crippen molar-refractivity contribution < 1.29 is 14.3 Å². The zero-order chi connectivity index (χ0) is 16.5. The van der Waals surface area contributed by atoms with E-state index in [0.717, 1.165) is 32.7 Å². The molecule has 0 aromatic heterocycles. The first-order valence-corrected chi connectivity index (χ1v) is 7.94. The topological polar surface area (TPSA) is 82.7 Å². The summed E-state index contributed by atoms with van der Waals surface area (Å²) in [7, 11) is 0. The number of ether oxygens (including phenoxy) is 1. The molecule has 0 bridgehead atoms. The van der Waals surface area contributed by atoms with Gasteiger partial charge >= 0.3 is 11.8 Å². The molecule has 0 spiro atoms. The Morgan fingerprint density at radius 3 is 2.70 bits per heavy atom. The van der Waals surface area contributed by atoms with Crippen molar-refractivity contribution in [3.63, 3.8) is 0 Å². The van der Waals surface area contributed by atoms with Crippen LogP contribution in [0.25, 0.3) is 0 Å². The van der Waals surface area contributed by atoms with E-state index in [0.29, 0.717) is 24.6 Å². The van der Waals surface area contributed by atoms with Crippen molar-refractivity contribution in [3.8, 4) is 5.75 Å². The molecule has 2 amide bonds. The first-order valence-electron chi connectivity index (χ1n) is 7.94. The quantitative estimate of drug-likeness (QED) is 0.645. The van der Waals surface area contributed by atoms with Crippen molar-refractivity contribution in [1.82, 2.24) is 15.5 Å².